The fourth-order valence-corrected chi connectivity index (χ4v) is 3.75. The van der Waals surface area contributed by atoms with Crippen LogP contribution in [0.4, 0.5) is 8.78 Å². The second kappa shape index (κ2) is 7.79. The average molecular weight is 407 g/mol. The highest BCUT2D eigenvalue weighted by Gasteiger charge is 2.18. The third-order valence-electron chi connectivity index (χ3n) is 5.21. The lowest BCUT2D eigenvalue weighted by molar-refractivity contribution is 0.160. The molecule has 2 aromatic carbocycles. The molecule has 30 heavy (non-hydrogen) atoms. The molecule has 152 valence electrons. The first kappa shape index (κ1) is 18.6. The van der Waals surface area contributed by atoms with Crippen molar-refractivity contribution >= 4 is 10.9 Å². The fourth-order valence-electron chi connectivity index (χ4n) is 3.75. The Kier molecular flexibility index (Phi) is 4.84. The van der Waals surface area contributed by atoms with Crippen molar-refractivity contribution in [3.05, 3.63) is 60.4 Å². The van der Waals surface area contributed by atoms with Gasteiger partial charge in [0.15, 0.2) is 0 Å². The van der Waals surface area contributed by atoms with E-state index < -0.39 is 11.6 Å². The number of nitrogens with one attached hydrogen (secondary N) is 2. The fraction of sp³-hybridized carbons (Fsp3) is 0.227. The molecule has 0 amide bonds. The Balaban J connectivity index is 1.53. The molecule has 3 heterocycles. The molecule has 0 bridgehead atoms. The lowest BCUT2D eigenvalue weighted by Crippen LogP contribution is -2.37. The van der Waals surface area contributed by atoms with Crippen LogP contribution >= 0.6 is 0 Å². The SMILES string of the molecule is Fc1cccc(F)c1-c1ccc2[nH]nc(-c3cncc(O[C@H]4CCCNC4)n3)c2c1. The van der Waals surface area contributed by atoms with E-state index in [-0.39, 0.29) is 11.7 Å². The van der Waals surface area contributed by atoms with Crippen LogP contribution in [-0.2, 0) is 0 Å². The number of nitrogens with zero attached hydrogens (tertiary/aromatic N) is 3. The van der Waals surface area contributed by atoms with Gasteiger partial charge in [0.1, 0.15) is 29.1 Å². The first-order valence-corrected chi connectivity index (χ1v) is 9.81. The molecule has 2 aromatic heterocycles. The van der Waals surface area contributed by atoms with Gasteiger partial charge in [-0.15, -0.1) is 0 Å². The van der Waals surface area contributed by atoms with E-state index in [1.165, 1.54) is 18.2 Å². The molecule has 1 atom stereocenters. The number of piperidine rings is 1. The Morgan fingerprint density at radius 1 is 1.07 bits per heavy atom. The van der Waals surface area contributed by atoms with Gasteiger partial charge in [0.2, 0.25) is 5.88 Å². The zero-order valence-corrected chi connectivity index (χ0v) is 16.0. The van der Waals surface area contributed by atoms with Crippen LogP contribution in [0.15, 0.2) is 48.8 Å². The van der Waals surface area contributed by atoms with E-state index in [0.29, 0.717) is 28.2 Å². The van der Waals surface area contributed by atoms with Crippen LogP contribution in [0.1, 0.15) is 12.8 Å². The minimum absolute atomic E-state index is 0.0508. The molecular weight excluding hydrogens is 388 g/mol. The molecule has 8 heteroatoms. The molecule has 4 aromatic rings. The van der Waals surface area contributed by atoms with Crippen molar-refractivity contribution in [2.75, 3.05) is 13.1 Å². The zero-order chi connectivity index (χ0) is 20.5. The van der Waals surface area contributed by atoms with Gasteiger partial charge in [-0.2, -0.15) is 5.10 Å². The van der Waals surface area contributed by atoms with Crippen molar-refractivity contribution in [3.8, 4) is 28.4 Å². The van der Waals surface area contributed by atoms with Gasteiger partial charge in [-0.05, 0) is 49.2 Å². The van der Waals surface area contributed by atoms with Crippen LogP contribution in [0.5, 0.6) is 5.88 Å². The maximum absolute atomic E-state index is 14.3. The average Bonchev–Trinajstić information content (AvgIpc) is 3.18. The highest BCUT2D eigenvalue weighted by molar-refractivity contribution is 5.94. The topological polar surface area (TPSA) is 75.7 Å². The summed E-state index contributed by atoms with van der Waals surface area (Å²) < 4.78 is 34.5. The van der Waals surface area contributed by atoms with Crippen molar-refractivity contribution < 1.29 is 13.5 Å². The number of ether oxygens (including phenoxy) is 1. The maximum Gasteiger partial charge on any atom is 0.233 e. The summed E-state index contributed by atoms with van der Waals surface area (Å²) in [6.45, 7) is 1.77. The van der Waals surface area contributed by atoms with Gasteiger partial charge in [0.25, 0.3) is 0 Å². The Bertz CT molecular complexity index is 1180. The van der Waals surface area contributed by atoms with E-state index in [1.807, 2.05) is 0 Å². The van der Waals surface area contributed by atoms with E-state index in [0.717, 1.165) is 31.4 Å². The summed E-state index contributed by atoms with van der Waals surface area (Å²) in [6, 6.07) is 8.94. The number of H-pyrrole nitrogens is 1. The highest BCUT2D eigenvalue weighted by Crippen LogP contribution is 2.32. The number of rotatable bonds is 4. The quantitative estimate of drug-likeness (QED) is 0.533. The molecule has 0 radical (unpaired) electrons. The largest absolute Gasteiger partial charge is 0.472 e. The number of aromatic nitrogens is 4. The zero-order valence-electron chi connectivity index (χ0n) is 16.0. The van der Waals surface area contributed by atoms with Crippen LogP contribution in [0.2, 0.25) is 0 Å². The monoisotopic (exact) mass is 407 g/mol. The summed E-state index contributed by atoms with van der Waals surface area (Å²) in [4.78, 5) is 8.79. The molecular formula is C22H19F2N5O. The molecule has 1 fully saturated rings. The van der Waals surface area contributed by atoms with Gasteiger partial charge in [0.05, 0.1) is 23.5 Å². The van der Waals surface area contributed by atoms with Gasteiger partial charge in [-0.25, -0.2) is 13.8 Å². The van der Waals surface area contributed by atoms with Crippen molar-refractivity contribution in [1.29, 1.82) is 0 Å². The van der Waals surface area contributed by atoms with E-state index in [9.17, 15) is 8.78 Å². The van der Waals surface area contributed by atoms with Crippen LogP contribution in [0.25, 0.3) is 33.4 Å². The summed E-state index contributed by atoms with van der Waals surface area (Å²) >= 11 is 0. The molecule has 6 nitrogen and oxygen atoms in total. The molecule has 0 unspecified atom stereocenters. The lowest BCUT2D eigenvalue weighted by atomic mass is 10.0. The minimum atomic E-state index is -0.615. The summed E-state index contributed by atoms with van der Waals surface area (Å²) in [7, 11) is 0. The number of halogens is 2. The number of hydrogen-bond acceptors (Lipinski definition) is 5. The minimum Gasteiger partial charge on any atom is -0.472 e. The Morgan fingerprint density at radius 3 is 2.73 bits per heavy atom. The Hall–Kier alpha value is -3.39. The summed E-state index contributed by atoms with van der Waals surface area (Å²) in [5.74, 6) is -0.806. The summed E-state index contributed by atoms with van der Waals surface area (Å²) in [6.07, 6.45) is 5.24. The third-order valence-corrected chi connectivity index (χ3v) is 5.21. The smallest absolute Gasteiger partial charge is 0.233 e. The number of benzene rings is 2. The third kappa shape index (κ3) is 3.50. The normalized spacial score (nSPS) is 16.7. The van der Waals surface area contributed by atoms with Crippen LogP contribution in [0, 0.1) is 11.6 Å². The number of fused-ring (bicyclic) bond motifs is 1. The first-order valence-electron chi connectivity index (χ1n) is 9.81. The van der Waals surface area contributed by atoms with Crippen LogP contribution < -0.4 is 10.1 Å². The van der Waals surface area contributed by atoms with Gasteiger partial charge in [0, 0.05) is 11.9 Å². The van der Waals surface area contributed by atoms with Crippen LogP contribution in [-0.4, -0.2) is 39.4 Å². The van der Waals surface area contributed by atoms with Crippen molar-refractivity contribution in [2.24, 2.45) is 0 Å². The van der Waals surface area contributed by atoms with Crippen LogP contribution in [0.3, 0.4) is 0 Å². The Morgan fingerprint density at radius 2 is 1.93 bits per heavy atom. The molecule has 1 aliphatic heterocycles. The van der Waals surface area contributed by atoms with E-state index in [2.05, 4.69) is 25.5 Å². The van der Waals surface area contributed by atoms with Gasteiger partial charge < -0.3 is 10.1 Å². The number of aromatic amines is 1. The van der Waals surface area contributed by atoms with E-state index in [4.69, 9.17) is 4.74 Å². The van der Waals surface area contributed by atoms with Crippen molar-refractivity contribution in [1.82, 2.24) is 25.5 Å². The molecule has 5 rings (SSSR count). The second-order valence-electron chi connectivity index (χ2n) is 7.26. The molecule has 0 saturated carbocycles. The molecule has 0 spiro atoms. The predicted molar refractivity (Wildman–Crippen MR) is 109 cm³/mol. The summed E-state index contributed by atoms with van der Waals surface area (Å²) in [5.41, 5.74) is 2.15. The molecule has 0 aliphatic carbocycles. The summed E-state index contributed by atoms with van der Waals surface area (Å²) in [5, 5.41) is 11.3. The highest BCUT2D eigenvalue weighted by atomic mass is 19.1. The van der Waals surface area contributed by atoms with E-state index >= 15 is 0 Å². The predicted octanol–water partition coefficient (Wildman–Crippen LogP) is 4.10. The van der Waals surface area contributed by atoms with Crippen molar-refractivity contribution in [2.45, 2.75) is 18.9 Å². The van der Waals surface area contributed by atoms with Gasteiger partial charge >= 0.3 is 0 Å². The van der Waals surface area contributed by atoms with Gasteiger partial charge in [-0.1, -0.05) is 12.1 Å². The van der Waals surface area contributed by atoms with E-state index in [1.54, 1.807) is 30.6 Å². The second-order valence-corrected chi connectivity index (χ2v) is 7.26. The Labute approximate surface area is 171 Å². The standard InChI is InChI=1S/C22H19F2N5O/c23-16-4-1-5-17(24)21(16)13-6-7-18-15(9-13)22(29-28-18)19-11-26-12-20(27-19)30-14-3-2-8-25-10-14/h1,4-7,9,11-12,14,25H,2-3,8,10H2,(H,28,29)/t14-/m0/s1. The molecule has 2 N–H and O–H groups in total. The lowest BCUT2D eigenvalue weighted by Gasteiger charge is -2.23. The van der Waals surface area contributed by atoms with Crippen molar-refractivity contribution in [3.63, 3.8) is 0 Å². The maximum atomic E-state index is 14.3. The first-order chi connectivity index (χ1) is 14.7. The van der Waals surface area contributed by atoms with Gasteiger partial charge in [-0.3, -0.25) is 10.1 Å². The molecule has 1 saturated heterocycles. The molecule has 1 aliphatic rings. The number of hydrogen-bond donors (Lipinski definition) is 2.